The fraction of sp³-hybridized carbons (Fsp3) is 0.333. The van der Waals surface area contributed by atoms with E-state index in [9.17, 15) is 10.1 Å². The summed E-state index contributed by atoms with van der Waals surface area (Å²) in [6.07, 6.45) is 1.41. The Morgan fingerprint density at radius 1 is 1.42 bits per heavy atom. The van der Waals surface area contributed by atoms with Gasteiger partial charge >= 0.3 is 0 Å². The molecule has 0 saturated heterocycles. The Balaban J connectivity index is 2.26. The molecule has 100 valence electrons. The number of benzene rings is 1. The predicted octanol–water partition coefficient (Wildman–Crippen LogP) is 1.84. The Labute approximate surface area is 109 Å². The van der Waals surface area contributed by atoms with Crippen molar-refractivity contribution in [3.63, 3.8) is 0 Å². The molecule has 0 atom stereocenters. The molecule has 0 aliphatic heterocycles. The van der Waals surface area contributed by atoms with E-state index in [1.54, 1.807) is 13.0 Å². The van der Waals surface area contributed by atoms with Crippen LogP contribution < -0.4 is 5.73 Å². The van der Waals surface area contributed by atoms with Crippen molar-refractivity contribution in [1.82, 2.24) is 10.2 Å². The second kappa shape index (κ2) is 5.57. The largest absolute Gasteiger partial charge is 0.421 e. The summed E-state index contributed by atoms with van der Waals surface area (Å²) in [6.45, 7) is 2.33. The Hall–Kier alpha value is -2.28. The molecule has 0 fully saturated rings. The number of nitrogens with two attached hydrogens (primary N) is 1. The van der Waals surface area contributed by atoms with Crippen LogP contribution in [-0.4, -0.2) is 21.7 Å². The molecular formula is C12H14N4O3. The summed E-state index contributed by atoms with van der Waals surface area (Å²) in [4.78, 5) is 10.2. The van der Waals surface area contributed by atoms with Crippen molar-refractivity contribution in [2.24, 2.45) is 5.73 Å². The summed E-state index contributed by atoms with van der Waals surface area (Å²) >= 11 is 0. The number of aryl methyl sites for hydroxylation is 2. The van der Waals surface area contributed by atoms with Gasteiger partial charge in [0.25, 0.3) is 5.69 Å². The Bertz CT molecular complexity index is 594. The Morgan fingerprint density at radius 2 is 2.21 bits per heavy atom. The molecule has 0 aliphatic carbocycles. The van der Waals surface area contributed by atoms with E-state index >= 15 is 0 Å². The van der Waals surface area contributed by atoms with Crippen LogP contribution in [0.15, 0.2) is 22.6 Å². The topological polar surface area (TPSA) is 108 Å². The van der Waals surface area contributed by atoms with Gasteiger partial charge < -0.3 is 10.2 Å². The molecule has 1 heterocycles. The van der Waals surface area contributed by atoms with Crippen LogP contribution in [0.25, 0.3) is 11.5 Å². The highest BCUT2D eigenvalue weighted by Crippen LogP contribution is 2.25. The second-order valence-electron chi connectivity index (χ2n) is 4.15. The van der Waals surface area contributed by atoms with Crippen molar-refractivity contribution in [2.75, 3.05) is 6.54 Å². The minimum absolute atomic E-state index is 0.0455. The summed E-state index contributed by atoms with van der Waals surface area (Å²) in [7, 11) is 0. The smallest absolute Gasteiger partial charge is 0.269 e. The molecule has 0 aliphatic rings. The molecule has 0 bridgehead atoms. The third kappa shape index (κ3) is 2.94. The molecule has 0 saturated carbocycles. The lowest BCUT2D eigenvalue weighted by Gasteiger charge is -2.00. The number of aromatic nitrogens is 2. The first-order valence-electron chi connectivity index (χ1n) is 5.89. The van der Waals surface area contributed by atoms with Crippen molar-refractivity contribution in [1.29, 1.82) is 0 Å². The summed E-state index contributed by atoms with van der Waals surface area (Å²) in [6, 6.07) is 4.53. The predicted molar refractivity (Wildman–Crippen MR) is 68.5 cm³/mol. The van der Waals surface area contributed by atoms with E-state index in [4.69, 9.17) is 10.2 Å². The lowest BCUT2D eigenvalue weighted by Crippen LogP contribution is -2.00. The van der Waals surface area contributed by atoms with E-state index in [0.717, 1.165) is 12.0 Å². The van der Waals surface area contributed by atoms with Crippen LogP contribution in [-0.2, 0) is 6.42 Å². The van der Waals surface area contributed by atoms with Crippen LogP contribution >= 0.6 is 0 Å². The molecule has 0 amide bonds. The average molecular weight is 262 g/mol. The number of nitro benzene ring substituents is 1. The Morgan fingerprint density at radius 3 is 2.84 bits per heavy atom. The highest BCUT2D eigenvalue weighted by atomic mass is 16.6. The van der Waals surface area contributed by atoms with Crippen LogP contribution in [0.2, 0.25) is 0 Å². The highest BCUT2D eigenvalue weighted by molar-refractivity contribution is 5.60. The minimum Gasteiger partial charge on any atom is -0.421 e. The fourth-order valence-electron chi connectivity index (χ4n) is 1.72. The van der Waals surface area contributed by atoms with Gasteiger partial charge in [0.15, 0.2) is 0 Å². The highest BCUT2D eigenvalue weighted by Gasteiger charge is 2.14. The van der Waals surface area contributed by atoms with Crippen molar-refractivity contribution in [3.05, 3.63) is 39.8 Å². The summed E-state index contributed by atoms with van der Waals surface area (Å²) in [5, 5.41) is 18.5. The zero-order valence-electron chi connectivity index (χ0n) is 10.5. The normalized spacial score (nSPS) is 10.6. The van der Waals surface area contributed by atoms with E-state index in [2.05, 4.69) is 10.2 Å². The number of nitrogens with zero attached hydrogens (tertiary/aromatic N) is 3. The molecule has 2 N–H and O–H groups in total. The molecule has 2 aromatic rings. The summed E-state index contributed by atoms with van der Waals surface area (Å²) in [5.41, 5.74) is 6.89. The lowest BCUT2D eigenvalue weighted by atomic mass is 10.1. The first-order valence-corrected chi connectivity index (χ1v) is 5.89. The van der Waals surface area contributed by atoms with Crippen molar-refractivity contribution in [2.45, 2.75) is 19.8 Å². The maximum absolute atomic E-state index is 10.7. The van der Waals surface area contributed by atoms with Crippen LogP contribution in [0.1, 0.15) is 17.9 Å². The monoisotopic (exact) mass is 262 g/mol. The number of rotatable bonds is 5. The molecule has 7 heteroatoms. The van der Waals surface area contributed by atoms with E-state index in [0.29, 0.717) is 30.3 Å². The third-order valence-corrected chi connectivity index (χ3v) is 2.71. The van der Waals surface area contributed by atoms with Crippen LogP contribution in [0.4, 0.5) is 5.69 Å². The Kier molecular flexibility index (Phi) is 3.86. The summed E-state index contributed by atoms with van der Waals surface area (Å²) in [5.74, 6) is 0.901. The minimum atomic E-state index is -0.433. The molecule has 0 spiro atoms. The average Bonchev–Trinajstić information content (AvgIpc) is 2.84. The van der Waals surface area contributed by atoms with Gasteiger partial charge in [0.2, 0.25) is 11.8 Å². The first-order chi connectivity index (χ1) is 9.11. The van der Waals surface area contributed by atoms with Crippen LogP contribution in [0.5, 0.6) is 0 Å². The SMILES string of the molecule is Cc1cc([N+](=O)[O-])ccc1-c1nnc(CCCN)o1. The van der Waals surface area contributed by atoms with Gasteiger partial charge in [0.1, 0.15) is 0 Å². The zero-order chi connectivity index (χ0) is 13.8. The van der Waals surface area contributed by atoms with Gasteiger partial charge in [-0.25, -0.2) is 0 Å². The standard InChI is InChI=1S/C12H14N4O3/c1-8-7-9(16(17)18)4-5-10(8)12-15-14-11(19-12)3-2-6-13/h4-5,7H,2-3,6,13H2,1H3. The van der Waals surface area contributed by atoms with Crippen molar-refractivity contribution >= 4 is 5.69 Å². The van der Waals surface area contributed by atoms with E-state index in [1.807, 2.05) is 0 Å². The molecule has 19 heavy (non-hydrogen) atoms. The fourth-order valence-corrected chi connectivity index (χ4v) is 1.72. The van der Waals surface area contributed by atoms with E-state index in [1.165, 1.54) is 12.1 Å². The third-order valence-electron chi connectivity index (χ3n) is 2.71. The van der Waals surface area contributed by atoms with Gasteiger partial charge in [-0.2, -0.15) is 0 Å². The van der Waals surface area contributed by atoms with Gasteiger partial charge in [-0.15, -0.1) is 10.2 Å². The summed E-state index contributed by atoms with van der Waals surface area (Å²) < 4.78 is 5.51. The van der Waals surface area contributed by atoms with Gasteiger partial charge in [0.05, 0.1) is 4.92 Å². The number of hydrogen-bond acceptors (Lipinski definition) is 6. The molecule has 1 aromatic heterocycles. The van der Waals surface area contributed by atoms with Crippen molar-refractivity contribution in [3.8, 4) is 11.5 Å². The van der Waals surface area contributed by atoms with Crippen molar-refractivity contribution < 1.29 is 9.34 Å². The molecule has 0 radical (unpaired) electrons. The van der Waals surface area contributed by atoms with Crippen LogP contribution in [0, 0.1) is 17.0 Å². The maximum atomic E-state index is 10.7. The van der Waals surface area contributed by atoms with E-state index < -0.39 is 4.92 Å². The lowest BCUT2D eigenvalue weighted by molar-refractivity contribution is -0.384. The van der Waals surface area contributed by atoms with E-state index in [-0.39, 0.29) is 5.69 Å². The maximum Gasteiger partial charge on any atom is 0.269 e. The molecular weight excluding hydrogens is 248 g/mol. The number of hydrogen-bond donors (Lipinski definition) is 1. The van der Waals surface area contributed by atoms with Gasteiger partial charge in [-0.1, -0.05) is 0 Å². The molecule has 1 aromatic carbocycles. The molecule has 7 nitrogen and oxygen atoms in total. The van der Waals surface area contributed by atoms with Gasteiger partial charge in [0, 0.05) is 24.1 Å². The van der Waals surface area contributed by atoms with Gasteiger partial charge in [-0.05, 0) is 31.5 Å². The molecule has 0 unspecified atom stereocenters. The number of non-ortho nitro benzene ring substituents is 1. The van der Waals surface area contributed by atoms with Gasteiger partial charge in [-0.3, -0.25) is 10.1 Å². The first kappa shape index (κ1) is 13.2. The number of nitro groups is 1. The second-order valence-corrected chi connectivity index (χ2v) is 4.15. The quantitative estimate of drug-likeness (QED) is 0.650. The zero-order valence-corrected chi connectivity index (χ0v) is 10.5. The molecule has 2 rings (SSSR count). The van der Waals surface area contributed by atoms with Crippen LogP contribution in [0.3, 0.4) is 0 Å².